The number of rotatable bonds is 3. The fraction of sp³-hybridized carbons (Fsp3) is 0.562. The van der Waals surface area contributed by atoms with E-state index in [1.165, 1.54) is 5.56 Å². The summed E-state index contributed by atoms with van der Waals surface area (Å²) in [5.41, 5.74) is 1.78. The van der Waals surface area contributed by atoms with Gasteiger partial charge in [-0.2, -0.15) is 5.21 Å². The summed E-state index contributed by atoms with van der Waals surface area (Å²) in [6.45, 7) is 4.68. The lowest BCUT2D eigenvalue weighted by Crippen LogP contribution is -2.58. The van der Waals surface area contributed by atoms with E-state index in [2.05, 4.69) is 43.0 Å². The molecular formula is C16H24Cl2N6O. The first-order chi connectivity index (χ1) is 11.2. The van der Waals surface area contributed by atoms with Gasteiger partial charge in [0.25, 0.3) is 0 Å². The number of aliphatic hydroxyl groups is 1. The van der Waals surface area contributed by atoms with Crippen LogP contribution in [0.2, 0.25) is 0 Å². The van der Waals surface area contributed by atoms with Gasteiger partial charge >= 0.3 is 0 Å². The number of halogens is 2. The average Bonchev–Trinajstić information content (AvgIpc) is 3.10. The molecule has 138 valence electrons. The van der Waals surface area contributed by atoms with Crippen LogP contribution in [0.25, 0.3) is 11.4 Å². The maximum absolute atomic E-state index is 10.7. The van der Waals surface area contributed by atoms with Crippen molar-refractivity contribution in [3.8, 4) is 11.4 Å². The van der Waals surface area contributed by atoms with Crippen LogP contribution in [0.5, 0.6) is 0 Å². The van der Waals surface area contributed by atoms with Gasteiger partial charge in [-0.1, -0.05) is 24.3 Å². The Morgan fingerprint density at radius 2 is 2.00 bits per heavy atom. The highest BCUT2D eigenvalue weighted by Crippen LogP contribution is 2.33. The Labute approximate surface area is 159 Å². The Balaban J connectivity index is 0.00000113. The number of fused-ring (bicyclic) bond motifs is 1. The summed E-state index contributed by atoms with van der Waals surface area (Å²) >= 11 is 0. The van der Waals surface area contributed by atoms with Gasteiger partial charge in [-0.3, -0.25) is 4.90 Å². The quantitative estimate of drug-likeness (QED) is 0.735. The summed E-state index contributed by atoms with van der Waals surface area (Å²) in [6, 6.07) is 8.29. The number of tetrazole rings is 1. The van der Waals surface area contributed by atoms with Crippen molar-refractivity contribution in [2.75, 3.05) is 26.2 Å². The molecule has 0 unspecified atom stereocenters. The highest BCUT2D eigenvalue weighted by atomic mass is 35.5. The van der Waals surface area contributed by atoms with Crippen LogP contribution < -0.4 is 5.32 Å². The van der Waals surface area contributed by atoms with Gasteiger partial charge in [0.15, 0.2) is 0 Å². The molecule has 0 aliphatic carbocycles. The van der Waals surface area contributed by atoms with Crippen LogP contribution in [0.4, 0.5) is 0 Å². The summed E-state index contributed by atoms with van der Waals surface area (Å²) in [7, 11) is 0. The van der Waals surface area contributed by atoms with Crippen LogP contribution in [-0.4, -0.2) is 62.4 Å². The highest BCUT2D eigenvalue weighted by Gasteiger charge is 2.42. The van der Waals surface area contributed by atoms with Crippen LogP contribution >= 0.6 is 24.8 Å². The Hall–Kier alpha value is -1.25. The number of H-pyrrole nitrogens is 1. The molecule has 2 aliphatic heterocycles. The molecule has 2 aliphatic rings. The van der Waals surface area contributed by atoms with Gasteiger partial charge in [0.2, 0.25) is 5.82 Å². The second kappa shape index (κ2) is 8.42. The predicted octanol–water partition coefficient (Wildman–Crippen LogP) is 1.26. The van der Waals surface area contributed by atoms with E-state index in [4.69, 9.17) is 0 Å². The molecule has 2 atom stereocenters. The zero-order chi connectivity index (χ0) is 15.7. The topological polar surface area (TPSA) is 90.0 Å². The molecule has 0 amide bonds. The fourth-order valence-corrected chi connectivity index (χ4v) is 3.74. The third kappa shape index (κ3) is 4.30. The smallest absolute Gasteiger partial charge is 0.204 e. The molecule has 2 aromatic rings. The molecule has 2 fully saturated rings. The number of benzene rings is 1. The Bertz CT molecular complexity index is 653. The zero-order valence-electron chi connectivity index (χ0n) is 13.9. The molecule has 1 aromatic heterocycles. The van der Waals surface area contributed by atoms with Crippen molar-refractivity contribution >= 4 is 24.8 Å². The van der Waals surface area contributed by atoms with E-state index in [0.717, 1.165) is 51.1 Å². The molecule has 3 heterocycles. The zero-order valence-corrected chi connectivity index (χ0v) is 15.5. The Morgan fingerprint density at radius 1 is 1.20 bits per heavy atom. The maximum Gasteiger partial charge on any atom is 0.204 e. The van der Waals surface area contributed by atoms with Gasteiger partial charge in [0.1, 0.15) is 0 Å². The Morgan fingerprint density at radius 3 is 2.72 bits per heavy atom. The average molecular weight is 387 g/mol. The second-order valence-electron chi connectivity index (χ2n) is 6.67. The minimum atomic E-state index is -0.454. The summed E-state index contributed by atoms with van der Waals surface area (Å²) in [5.74, 6) is 0.955. The molecule has 0 saturated carbocycles. The minimum absolute atomic E-state index is 0. The van der Waals surface area contributed by atoms with Crippen molar-refractivity contribution in [3.05, 3.63) is 29.8 Å². The third-order valence-electron chi connectivity index (χ3n) is 5.19. The van der Waals surface area contributed by atoms with Crippen LogP contribution in [0, 0.1) is 5.92 Å². The van der Waals surface area contributed by atoms with E-state index >= 15 is 0 Å². The van der Waals surface area contributed by atoms with E-state index < -0.39 is 5.60 Å². The third-order valence-corrected chi connectivity index (χ3v) is 5.19. The van der Waals surface area contributed by atoms with Crippen molar-refractivity contribution in [2.45, 2.75) is 25.0 Å². The molecule has 0 spiro atoms. The molecule has 1 aromatic carbocycles. The van der Waals surface area contributed by atoms with Gasteiger partial charge in [-0.15, -0.1) is 35.0 Å². The first-order valence-corrected chi connectivity index (χ1v) is 8.21. The second-order valence-corrected chi connectivity index (χ2v) is 6.67. The first-order valence-electron chi connectivity index (χ1n) is 8.21. The van der Waals surface area contributed by atoms with Crippen molar-refractivity contribution in [3.63, 3.8) is 0 Å². The van der Waals surface area contributed by atoms with Crippen LogP contribution in [0.15, 0.2) is 24.3 Å². The lowest BCUT2D eigenvalue weighted by atomic mass is 9.76. The number of nitrogens with one attached hydrogen (secondary N) is 2. The number of nitrogens with zero attached hydrogens (tertiary/aromatic N) is 4. The highest BCUT2D eigenvalue weighted by molar-refractivity contribution is 5.85. The largest absolute Gasteiger partial charge is 0.389 e. The summed E-state index contributed by atoms with van der Waals surface area (Å²) < 4.78 is 0. The number of aromatic amines is 1. The van der Waals surface area contributed by atoms with Crippen LogP contribution in [-0.2, 0) is 6.54 Å². The van der Waals surface area contributed by atoms with E-state index in [9.17, 15) is 5.11 Å². The van der Waals surface area contributed by atoms with E-state index in [1.807, 2.05) is 12.1 Å². The van der Waals surface area contributed by atoms with Gasteiger partial charge < -0.3 is 10.4 Å². The molecular weight excluding hydrogens is 363 g/mol. The normalized spacial score (nSPS) is 26.2. The van der Waals surface area contributed by atoms with Crippen molar-refractivity contribution in [1.29, 1.82) is 0 Å². The molecule has 9 heteroatoms. The Kier molecular flexibility index (Phi) is 6.76. The monoisotopic (exact) mass is 386 g/mol. The molecule has 0 radical (unpaired) electrons. The van der Waals surface area contributed by atoms with E-state index in [-0.39, 0.29) is 24.8 Å². The fourth-order valence-electron chi connectivity index (χ4n) is 3.74. The lowest BCUT2D eigenvalue weighted by molar-refractivity contribution is -0.0899. The van der Waals surface area contributed by atoms with Gasteiger partial charge in [-0.05, 0) is 30.2 Å². The van der Waals surface area contributed by atoms with Crippen molar-refractivity contribution in [1.82, 2.24) is 30.8 Å². The molecule has 0 bridgehead atoms. The number of hydrogen-bond donors (Lipinski definition) is 3. The van der Waals surface area contributed by atoms with Gasteiger partial charge in [0.05, 0.1) is 5.60 Å². The minimum Gasteiger partial charge on any atom is -0.389 e. The van der Waals surface area contributed by atoms with Crippen molar-refractivity contribution in [2.24, 2.45) is 5.92 Å². The summed E-state index contributed by atoms with van der Waals surface area (Å²) in [5, 5.41) is 28.2. The van der Waals surface area contributed by atoms with Gasteiger partial charge in [0, 0.05) is 37.7 Å². The summed E-state index contributed by atoms with van der Waals surface area (Å²) in [4.78, 5) is 2.44. The van der Waals surface area contributed by atoms with Crippen LogP contribution in [0.3, 0.4) is 0 Å². The first kappa shape index (κ1) is 20.1. The SMILES string of the molecule is Cl.Cl.O[C@]12CCNC[C@H]1CN(Cc1ccc(-c3nn[nH]n3)cc1)CC2. The molecule has 3 N–H and O–H groups in total. The maximum atomic E-state index is 10.7. The summed E-state index contributed by atoms with van der Waals surface area (Å²) in [6.07, 6.45) is 1.76. The number of aromatic nitrogens is 4. The molecule has 2 saturated heterocycles. The molecule has 7 nitrogen and oxygen atoms in total. The standard InChI is InChI=1S/C16H22N6O.2ClH/c23-16-5-7-17-9-14(16)11-22(8-6-16)10-12-1-3-13(4-2-12)15-18-20-21-19-15;;/h1-4,14,17,23H,5-11H2,(H,18,19,20,21);2*1H/t14-,16-;;/m0../s1. The van der Waals surface area contributed by atoms with E-state index in [0.29, 0.717) is 11.7 Å². The molecule has 4 rings (SSSR count). The van der Waals surface area contributed by atoms with E-state index in [1.54, 1.807) is 0 Å². The lowest BCUT2D eigenvalue weighted by Gasteiger charge is -2.47. The predicted molar refractivity (Wildman–Crippen MR) is 99.9 cm³/mol. The molecule has 25 heavy (non-hydrogen) atoms. The number of likely N-dealkylation sites (tertiary alicyclic amines) is 1. The number of piperidine rings is 2. The van der Waals surface area contributed by atoms with Crippen molar-refractivity contribution < 1.29 is 5.11 Å². The van der Waals surface area contributed by atoms with Gasteiger partial charge in [-0.25, -0.2) is 0 Å². The number of hydrogen-bond acceptors (Lipinski definition) is 6. The van der Waals surface area contributed by atoms with Crippen LogP contribution in [0.1, 0.15) is 18.4 Å².